The van der Waals surface area contributed by atoms with Crippen LogP contribution in [0.25, 0.3) is 0 Å². The summed E-state index contributed by atoms with van der Waals surface area (Å²) in [4.78, 5) is 1.42. The van der Waals surface area contributed by atoms with Crippen LogP contribution in [0, 0.1) is 11.3 Å². The van der Waals surface area contributed by atoms with Crippen LogP contribution in [0.15, 0.2) is 0 Å². The molecule has 0 bridgehead atoms. The van der Waals surface area contributed by atoms with Crippen molar-refractivity contribution in [3.63, 3.8) is 0 Å². The van der Waals surface area contributed by atoms with E-state index in [1.54, 1.807) is 6.92 Å². The highest BCUT2D eigenvalue weighted by molar-refractivity contribution is 4.89. The Labute approximate surface area is 75.9 Å². The average Bonchev–Trinajstić information content (AvgIpc) is 2.02. The van der Waals surface area contributed by atoms with Gasteiger partial charge in [0.2, 0.25) is 0 Å². The summed E-state index contributed by atoms with van der Waals surface area (Å²) in [5, 5.41) is 8.55. The Balaban J connectivity index is 3.87. The molecular formula is C8H13F3N2. The monoisotopic (exact) mass is 194 g/mol. The van der Waals surface area contributed by atoms with E-state index in [1.807, 2.05) is 6.07 Å². The van der Waals surface area contributed by atoms with E-state index in [4.69, 9.17) is 5.26 Å². The van der Waals surface area contributed by atoms with Crippen LogP contribution in [-0.2, 0) is 0 Å². The summed E-state index contributed by atoms with van der Waals surface area (Å²) in [5.74, 6) is 0. The maximum Gasteiger partial charge on any atom is 0.390 e. The van der Waals surface area contributed by atoms with Crippen molar-refractivity contribution >= 4 is 0 Å². The Morgan fingerprint density at radius 3 is 2.31 bits per heavy atom. The third kappa shape index (κ3) is 5.47. The fraction of sp³-hybridized carbons (Fsp3) is 0.875. The molecule has 0 aliphatic heterocycles. The second-order valence-corrected chi connectivity index (χ2v) is 2.90. The van der Waals surface area contributed by atoms with Gasteiger partial charge >= 0.3 is 6.18 Å². The van der Waals surface area contributed by atoms with Gasteiger partial charge in [-0.3, -0.25) is 4.90 Å². The van der Waals surface area contributed by atoms with Gasteiger partial charge < -0.3 is 0 Å². The van der Waals surface area contributed by atoms with E-state index >= 15 is 0 Å². The van der Waals surface area contributed by atoms with E-state index in [0.29, 0.717) is 6.42 Å². The molecule has 0 amide bonds. The molecule has 0 aliphatic rings. The van der Waals surface area contributed by atoms with Gasteiger partial charge in [0.1, 0.15) is 0 Å². The zero-order chi connectivity index (χ0) is 10.5. The van der Waals surface area contributed by atoms with Crippen LogP contribution >= 0.6 is 0 Å². The van der Waals surface area contributed by atoms with Crippen molar-refractivity contribution in [3.05, 3.63) is 0 Å². The molecule has 0 N–H and O–H groups in total. The Morgan fingerprint density at radius 2 is 2.00 bits per heavy atom. The highest BCUT2D eigenvalue weighted by Gasteiger charge is 2.28. The van der Waals surface area contributed by atoms with Crippen LogP contribution < -0.4 is 0 Å². The van der Waals surface area contributed by atoms with Gasteiger partial charge in [-0.05, 0) is 13.5 Å². The standard InChI is InChI=1S/C8H13F3N2/c1-3-7(6-12)13(2)5-4-8(9,10)11/h7H,3-5H2,1-2H3. The first-order valence-electron chi connectivity index (χ1n) is 4.07. The Bertz CT molecular complexity index is 183. The number of nitrogens with zero attached hydrogens (tertiary/aromatic N) is 2. The minimum absolute atomic E-state index is 0.116. The van der Waals surface area contributed by atoms with Gasteiger partial charge in [-0.2, -0.15) is 18.4 Å². The lowest BCUT2D eigenvalue weighted by atomic mass is 10.2. The summed E-state index contributed by atoms with van der Waals surface area (Å²) >= 11 is 0. The van der Waals surface area contributed by atoms with Gasteiger partial charge in [0, 0.05) is 6.54 Å². The number of hydrogen-bond donors (Lipinski definition) is 0. The summed E-state index contributed by atoms with van der Waals surface area (Å²) in [5.41, 5.74) is 0. The van der Waals surface area contributed by atoms with Crippen LogP contribution in [-0.4, -0.2) is 30.7 Å². The van der Waals surface area contributed by atoms with Crippen molar-refractivity contribution in [2.75, 3.05) is 13.6 Å². The molecule has 1 unspecified atom stereocenters. The Morgan fingerprint density at radius 1 is 1.46 bits per heavy atom. The maximum atomic E-state index is 11.8. The summed E-state index contributed by atoms with van der Waals surface area (Å²) in [7, 11) is 1.53. The first-order valence-corrected chi connectivity index (χ1v) is 4.07. The summed E-state index contributed by atoms with van der Waals surface area (Å²) in [6, 6.07) is 1.53. The van der Waals surface area contributed by atoms with E-state index in [9.17, 15) is 13.2 Å². The lowest BCUT2D eigenvalue weighted by Gasteiger charge is -2.21. The fourth-order valence-corrected chi connectivity index (χ4v) is 0.960. The quantitative estimate of drug-likeness (QED) is 0.685. The molecule has 0 aromatic heterocycles. The molecule has 1 atom stereocenters. The van der Waals surface area contributed by atoms with Gasteiger partial charge in [0.15, 0.2) is 0 Å². The molecule has 0 aromatic carbocycles. The first kappa shape index (κ1) is 12.2. The topological polar surface area (TPSA) is 27.0 Å². The lowest BCUT2D eigenvalue weighted by Crippen LogP contribution is -2.32. The predicted octanol–water partition coefficient (Wildman–Crippen LogP) is 2.17. The molecule has 0 heterocycles. The number of hydrogen-bond acceptors (Lipinski definition) is 2. The van der Waals surface area contributed by atoms with Crippen LogP contribution in [0.4, 0.5) is 13.2 Å². The second kappa shape index (κ2) is 5.07. The molecule has 0 rings (SSSR count). The lowest BCUT2D eigenvalue weighted by molar-refractivity contribution is -0.137. The molecular weight excluding hydrogens is 181 g/mol. The molecule has 5 heteroatoms. The summed E-state index contributed by atoms with van der Waals surface area (Å²) in [6.07, 6.45) is -4.45. The third-order valence-corrected chi connectivity index (χ3v) is 1.82. The zero-order valence-electron chi connectivity index (χ0n) is 7.73. The normalized spacial score (nSPS) is 14.2. The van der Waals surface area contributed by atoms with Crippen LogP contribution in [0.2, 0.25) is 0 Å². The maximum absolute atomic E-state index is 11.8. The fourth-order valence-electron chi connectivity index (χ4n) is 0.960. The third-order valence-electron chi connectivity index (χ3n) is 1.82. The van der Waals surface area contributed by atoms with Crippen molar-refractivity contribution in [1.29, 1.82) is 5.26 Å². The number of alkyl halides is 3. The van der Waals surface area contributed by atoms with Crippen molar-refractivity contribution in [2.45, 2.75) is 32.0 Å². The van der Waals surface area contributed by atoms with Gasteiger partial charge in [-0.1, -0.05) is 6.92 Å². The van der Waals surface area contributed by atoms with E-state index in [1.165, 1.54) is 11.9 Å². The molecule has 2 nitrogen and oxygen atoms in total. The van der Waals surface area contributed by atoms with Crippen molar-refractivity contribution < 1.29 is 13.2 Å². The molecule has 0 radical (unpaired) electrons. The zero-order valence-corrected chi connectivity index (χ0v) is 7.73. The highest BCUT2D eigenvalue weighted by atomic mass is 19.4. The molecule has 13 heavy (non-hydrogen) atoms. The molecule has 0 saturated carbocycles. The van der Waals surface area contributed by atoms with E-state index in [-0.39, 0.29) is 6.54 Å². The van der Waals surface area contributed by atoms with Gasteiger partial charge in [-0.15, -0.1) is 0 Å². The second-order valence-electron chi connectivity index (χ2n) is 2.90. The van der Waals surface area contributed by atoms with Gasteiger partial charge in [-0.25, -0.2) is 0 Å². The summed E-state index contributed by atoms with van der Waals surface area (Å²) in [6.45, 7) is 1.66. The largest absolute Gasteiger partial charge is 0.390 e. The number of nitriles is 1. The van der Waals surface area contributed by atoms with Crippen molar-refractivity contribution in [1.82, 2.24) is 4.90 Å². The van der Waals surface area contributed by atoms with Crippen LogP contribution in [0.1, 0.15) is 19.8 Å². The van der Waals surface area contributed by atoms with Gasteiger partial charge in [0.05, 0.1) is 18.5 Å². The molecule has 76 valence electrons. The van der Waals surface area contributed by atoms with Crippen LogP contribution in [0.3, 0.4) is 0 Å². The van der Waals surface area contributed by atoms with E-state index < -0.39 is 18.6 Å². The smallest absolute Gasteiger partial charge is 0.291 e. The van der Waals surface area contributed by atoms with E-state index in [2.05, 4.69) is 0 Å². The summed E-state index contributed by atoms with van der Waals surface area (Å²) < 4.78 is 35.3. The number of rotatable bonds is 4. The molecule has 0 saturated heterocycles. The predicted molar refractivity (Wildman–Crippen MR) is 43.0 cm³/mol. The minimum Gasteiger partial charge on any atom is -0.291 e. The molecule has 0 fully saturated rings. The first-order chi connectivity index (χ1) is 5.90. The Hall–Kier alpha value is -0.760. The van der Waals surface area contributed by atoms with Gasteiger partial charge in [0.25, 0.3) is 0 Å². The average molecular weight is 194 g/mol. The van der Waals surface area contributed by atoms with Crippen LogP contribution in [0.5, 0.6) is 0 Å². The minimum atomic E-state index is -4.14. The van der Waals surface area contributed by atoms with E-state index in [0.717, 1.165) is 0 Å². The highest BCUT2D eigenvalue weighted by Crippen LogP contribution is 2.20. The Kier molecular flexibility index (Phi) is 4.78. The molecule has 0 aromatic rings. The SMILES string of the molecule is CCC(C#N)N(C)CCC(F)(F)F. The molecule has 0 aliphatic carbocycles. The van der Waals surface area contributed by atoms with Crippen molar-refractivity contribution in [2.24, 2.45) is 0 Å². The number of halogens is 3. The van der Waals surface area contributed by atoms with Crippen molar-refractivity contribution in [3.8, 4) is 6.07 Å². The molecule has 0 spiro atoms.